The summed E-state index contributed by atoms with van der Waals surface area (Å²) in [5, 5.41) is 12.1. The average molecular weight is 200 g/mol. The molecule has 2 N–H and O–H groups in total. The van der Waals surface area contributed by atoms with E-state index < -0.39 is 0 Å². The largest absolute Gasteiger partial charge is 0.396 e. The van der Waals surface area contributed by atoms with Gasteiger partial charge in [-0.25, -0.2) is 0 Å². The molecule has 1 heterocycles. The van der Waals surface area contributed by atoms with Crippen molar-refractivity contribution in [1.29, 1.82) is 0 Å². The normalized spacial score (nSPS) is 24.0. The first kappa shape index (κ1) is 12.0. The number of aliphatic hydroxyl groups excluding tert-OH is 1. The number of hydrogen-bond donors (Lipinski definition) is 2. The van der Waals surface area contributed by atoms with Gasteiger partial charge in [0.25, 0.3) is 0 Å². The highest BCUT2D eigenvalue weighted by Gasteiger charge is 2.14. The van der Waals surface area contributed by atoms with Crippen LogP contribution in [0.5, 0.6) is 0 Å². The topological polar surface area (TPSA) is 35.5 Å². The fourth-order valence-corrected chi connectivity index (χ4v) is 2.02. The Kier molecular flexibility index (Phi) is 6.15. The van der Waals surface area contributed by atoms with Gasteiger partial charge in [0.2, 0.25) is 0 Å². The summed E-state index contributed by atoms with van der Waals surface area (Å²) < 4.78 is 0. The summed E-state index contributed by atoms with van der Waals surface area (Å²) >= 11 is 0. The molecule has 0 bridgehead atoms. The minimum Gasteiger partial charge on any atom is -0.396 e. The fourth-order valence-electron chi connectivity index (χ4n) is 2.02. The van der Waals surface area contributed by atoms with Gasteiger partial charge in [0.1, 0.15) is 0 Å². The molecular formula is C11H24N2O. The quantitative estimate of drug-likeness (QED) is 0.624. The first-order chi connectivity index (χ1) is 6.83. The van der Waals surface area contributed by atoms with Gasteiger partial charge in [-0.3, -0.25) is 0 Å². The lowest BCUT2D eigenvalue weighted by Gasteiger charge is -2.31. The number of nitrogens with one attached hydrogen (secondary N) is 1. The van der Waals surface area contributed by atoms with Gasteiger partial charge in [0.15, 0.2) is 0 Å². The van der Waals surface area contributed by atoms with Crippen LogP contribution < -0.4 is 5.32 Å². The molecule has 3 nitrogen and oxygen atoms in total. The Hall–Kier alpha value is -0.120. The van der Waals surface area contributed by atoms with Crippen LogP contribution in [0.1, 0.15) is 32.6 Å². The molecule has 0 aromatic heterocycles. The molecule has 1 aliphatic rings. The van der Waals surface area contributed by atoms with E-state index in [1.807, 2.05) is 0 Å². The second kappa shape index (κ2) is 7.21. The van der Waals surface area contributed by atoms with Crippen LogP contribution in [0.25, 0.3) is 0 Å². The van der Waals surface area contributed by atoms with E-state index in [1.54, 1.807) is 0 Å². The van der Waals surface area contributed by atoms with Gasteiger partial charge in [0.05, 0.1) is 0 Å². The lowest BCUT2D eigenvalue weighted by Crippen LogP contribution is -2.49. The standard InChI is InChI=1S/C11H24N2O/c1-11-10-13(8-6-12-11)7-4-2-3-5-9-14/h11-12,14H,2-10H2,1H3/t11-/m0/s1. The van der Waals surface area contributed by atoms with E-state index in [0.29, 0.717) is 12.6 Å². The summed E-state index contributed by atoms with van der Waals surface area (Å²) in [6.07, 6.45) is 4.70. The zero-order chi connectivity index (χ0) is 10.2. The van der Waals surface area contributed by atoms with Crippen molar-refractivity contribution >= 4 is 0 Å². The number of unbranched alkanes of at least 4 members (excludes halogenated alkanes) is 3. The molecule has 0 aromatic carbocycles. The van der Waals surface area contributed by atoms with E-state index >= 15 is 0 Å². The SMILES string of the molecule is C[C@H]1CN(CCCCCCO)CCN1. The van der Waals surface area contributed by atoms with Gasteiger partial charge in [0, 0.05) is 32.3 Å². The lowest BCUT2D eigenvalue weighted by atomic mass is 10.1. The Morgan fingerprint density at radius 2 is 2.07 bits per heavy atom. The van der Waals surface area contributed by atoms with Crippen molar-refractivity contribution in [3.63, 3.8) is 0 Å². The van der Waals surface area contributed by atoms with Gasteiger partial charge in [-0.2, -0.15) is 0 Å². The van der Waals surface area contributed by atoms with Crippen molar-refractivity contribution in [1.82, 2.24) is 10.2 Å². The highest BCUT2D eigenvalue weighted by atomic mass is 16.2. The smallest absolute Gasteiger partial charge is 0.0431 e. The lowest BCUT2D eigenvalue weighted by molar-refractivity contribution is 0.202. The van der Waals surface area contributed by atoms with Crippen molar-refractivity contribution < 1.29 is 5.11 Å². The Morgan fingerprint density at radius 1 is 1.29 bits per heavy atom. The number of rotatable bonds is 6. The maximum Gasteiger partial charge on any atom is 0.0431 e. The van der Waals surface area contributed by atoms with Gasteiger partial charge < -0.3 is 15.3 Å². The average Bonchev–Trinajstić information content (AvgIpc) is 2.18. The molecule has 1 rings (SSSR count). The van der Waals surface area contributed by atoms with Crippen LogP contribution in [0.15, 0.2) is 0 Å². The maximum absolute atomic E-state index is 8.63. The van der Waals surface area contributed by atoms with E-state index in [9.17, 15) is 0 Å². The second-order valence-electron chi connectivity index (χ2n) is 4.29. The number of nitrogens with zero attached hydrogens (tertiary/aromatic N) is 1. The van der Waals surface area contributed by atoms with Gasteiger partial charge in [-0.05, 0) is 26.3 Å². The Labute approximate surface area is 87.5 Å². The van der Waals surface area contributed by atoms with E-state index in [0.717, 1.165) is 13.0 Å². The molecule has 0 saturated carbocycles. The molecule has 0 spiro atoms. The summed E-state index contributed by atoms with van der Waals surface area (Å²) in [6.45, 7) is 7.36. The Morgan fingerprint density at radius 3 is 2.79 bits per heavy atom. The maximum atomic E-state index is 8.63. The Bertz CT molecular complexity index is 141. The predicted molar refractivity (Wildman–Crippen MR) is 59.5 cm³/mol. The van der Waals surface area contributed by atoms with E-state index in [2.05, 4.69) is 17.1 Å². The van der Waals surface area contributed by atoms with Crippen LogP contribution in [-0.2, 0) is 0 Å². The zero-order valence-corrected chi connectivity index (χ0v) is 9.34. The minimum atomic E-state index is 0.352. The molecule has 0 aliphatic carbocycles. The van der Waals surface area contributed by atoms with Crippen molar-refractivity contribution in [2.45, 2.75) is 38.6 Å². The van der Waals surface area contributed by atoms with Gasteiger partial charge >= 0.3 is 0 Å². The van der Waals surface area contributed by atoms with Crippen LogP contribution in [0.3, 0.4) is 0 Å². The zero-order valence-electron chi connectivity index (χ0n) is 9.34. The predicted octanol–water partition coefficient (Wildman–Crippen LogP) is 0.833. The van der Waals surface area contributed by atoms with E-state index in [1.165, 1.54) is 38.9 Å². The van der Waals surface area contributed by atoms with Crippen molar-refractivity contribution in [3.05, 3.63) is 0 Å². The number of aliphatic hydroxyl groups is 1. The summed E-state index contributed by atoms with van der Waals surface area (Å²) in [6, 6.07) is 0.654. The molecule has 0 radical (unpaired) electrons. The van der Waals surface area contributed by atoms with Crippen LogP contribution in [0.4, 0.5) is 0 Å². The molecule has 1 fully saturated rings. The highest BCUT2D eigenvalue weighted by Crippen LogP contribution is 2.04. The van der Waals surface area contributed by atoms with Crippen LogP contribution >= 0.6 is 0 Å². The fraction of sp³-hybridized carbons (Fsp3) is 1.00. The molecule has 14 heavy (non-hydrogen) atoms. The second-order valence-corrected chi connectivity index (χ2v) is 4.29. The monoisotopic (exact) mass is 200 g/mol. The number of hydrogen-bond acceptors (Lipinski definition) is 3. The summed E-state index contributed by atoms with van der Waals surface area (Å²) in [5.74, 6) is 0. The minimum absolute atomic E-state index is 0.352. The molecule has 0 amide bonds. The molecule has 0 aromatic rings. The highest BCUT2D eigenvalue weighted by molar-refractivity contribution is 4.74. The van der Waals surface area contributed by atoms with Crippen molar-refractivity contribution in [2.75, 3.05) is 32.8 Å². The summed E-state index contributed by atoms with van der Waals surface area (Å²) in [5.41, 5.74) is 0. The van der Waals surface area contributed by atoms with Gasteiger partial charge in [-0.15, -0.1) is 0 Å². The molecular weight excluding hydrogens is 176 g/mol. The van der Waals surface area contributed by atoms with E-state index in [4.69, 9.17) is 5.11 Å². The third-order valence-corrected chi connectivity index (χ3v) is 2.84. The molecule has 1 atom stereocenters. The molecule has 1 aliphatic heterocycles. The van der Waals surface area contributed by atoms with E-state index in [-0.39, 0.29) is 0 Å². The summed E-state index contributed by atoms with van der Waals surface area (Å²) in [7, 11) is 0. The Balaban J connectivity index is 1.95. The van der Waals surface area contributed by atoms with Crippen LogP contribution in [0.2, 0.25) is 0 Å². The van der Waals surface area contributed by atoms with Gasteiger partial charge in [-0.1, -0.05) is 12.8 Å². The third kappa shape index (κ3) is 4.94. The molecule has 0 unspecified atom stereocenters. The molecule has 3 heteroatoms. The van der Waals surface area contributed by atoms with Crippen molar-refractivity contribution in [3.8, 4) is 0 Å². The first-order valence-corrected chi connectivity index (χ1v) is 5.89. The first-order valence-electron chi connectivity index (χ1n) is 5.89. The van der Waals surface area contributed by atoms with Crippen LogP contribution in [-0.4, -0.2) is 48.8 Å². The molecule has 84 valence electrons. The third-order valence-electron chi connectivity index (χ3n) is 2.84. The van der Waals surface area contributed by atoms with Crippen molar-refractivity contribution in [2.24, 2.45) is 0 Å². The summed E-state index contributed by atoms with van der Waals surface area (Å²) in [4.78, 5) is 2.54. The molecule has 1 saturated heterocycles. The number of piperazine rings is 1. The van der Waals surface area contributed by atoms with Crippen LogP contribution in [0, 0.1) is 0 Å².